The molecular formula is C8H11N5S. The van der Waals surface area contributed by atoms with Gasteiger partial charge in [-0.05, 0) is 6.08 Å². The fourth-order valence-electron chi connectivity index (χ4n) is 1.28. The van der Waals surface area contributed by atoms with Crippen LogP contribution in [-0.2, 0) is 6.42 Å². The molecule has 6 heteroatoms. The van der Waals surface area contributed by atoms with Crippen molar-refractivity contribution in [3.8, 4) is 0 Å². The smallest absolute Gasteiger partial charge is 0.137 e. The van der Waals surface area contributed by atoms with Crippen molar-refractivity contribution < 1.29 is 0 Å². The van der Waals surface area contributed by atoms with Gasteiger partial charge in [-0.1, -0.05) is 0 Å². The highest BCUT2D eigenvalue weighted by molar-refractivity contribution is 7.09. The van der Waals surface area contributed by atoms with Gasteiger partial charge < -0.3 is 16.8 Å². The second-order valence-corrected chi connectivity index (χ2v) is 4.11. The van der Waals surface area contributed by atoms with E-state index < -0.39 is 5.66 Å². The van der Waals surface area contributed by atoms with Crippen molar-refractivity contribution in [2.24, 2.45) is 16.5 Å². The van der Waals surface area contributed by atoms with Crippen LogP contribution in [-0.4, -0.2) is 17.0 Å². The molecule has 0 radical (unpaired) electrons. The van der Waals surface area contributed by atoms with Gasteiger partial charge in [0.1, 0.15) is 11.5 Å². The fourth-order valence-corrected chi connectivity index (χ4v) is 1.97. The maximum atomic E-state index is 6.03. The van der Waals surface area contributed by atoms with Crippen LogP contribution in [0.2, 0.25) is 0 Å². The van der Waals surface area contributed by atoms with Crippen LogP contribution in [0.3, 0.4) is 0 Å². The molecule has 2 heterocycles. The van der Waals surface area contributed by atoms with Crippen LogP contribution in [0.15, 0.2) is 28.6 Å². The molecule has 0 aromatic carbocycles. The zero-order chi connectivity index (χ0) is 10.0. The summed E-state index contributed by atoms with van der Waals surface area (Å²) < 4.78 is 0. The third-order valence-electron chi connectivity index (χ3n) is 1.88. The Hall–Kier alpha value is -1.40. The molecular weight excluding hydrogens is 198 g/mol. The second-order valence-electron chi connectivity index (χ2n) is 3.14. The quantitative estimate of drug-likeness (QED) is 0.627. The van der Waals surface area contributed by atoms with E-state index in [1.807, 2.05) is 0 Å². The van der Waals surface area contributed by atoms with Gasteiger partial charge in [0.15, 0.2) is 0 Å². The summed E-state index contributed by atoms with van der Waals surface area (Å²) in [5.41, 5.74) is 12.7. The molecule has 0 saturated heterocycles. The van der Waals surface area contributed by atoms with E-state index in [0.29, 0.717) is 12.2 Å². The molecule has 0 fully saturated rings. The minimum atomic E-state index is -0.734. The molecule has 0 aliphatic carbocycles. The molecule has 5 nitrogen and oxygen atoms in total. The largest absolute Gasteiger partial charge is 0.385 e. The van der Waals surface area contributed by atoms with Crippen LogP contribution in [0.1, 0.15) is 4.88 Å². The summed E-state index contributed by atoms with van der Waals surface area (Å²) in [5, 5.41) is 2.77. The molecule has 0 spiro atoms. The highest BCUT2D eigenvalue weighted by Gasteiger charge is 2.24. The third kappa shape index (κ3) is 1.91. The van der Waals surface area contributed by atoms with E-state index in [0.717, 1.165) is 4.88 Å². The van der Waals surface area contributed by atoms with E-state index >= 15 is 0 Å². The molecule has 14 heavy (non-hydrogen) atoms. The van der Waals surface area contributed by atoms with Gasteiger partial charge in [0.2, 0.25) is 0 Å². The maximum absolute atomic E-state index is 6.03. The zero-order valence-electron chi connectivity index (χ0n) is 7.47. The summed E-state index contributed by atoms with van der Waals surface area (Å²) in [7, 11) is 0. The number of aromatic nitrogens is 1. The molecule has 0 saturated carbocycles. The summed E-state index contributed by atoms with van der Waals surface area (Å²) in [4.78, 5) is 9.23. The summed E-state index contributed by atoms with van der Waals surface area (Å²) in [6.07, 6.45) is 5.65. The number of aliphatic imine (C=N–C) groups is 1. The van der Waals surface area contributed by atoms with Crippen LogP contribution in [0.25, 0.3) is 0 Å². The topological polar surface area (TPSA) is 89.3 Å². The Morgan fingerprint density at radius 2 is 2.43 bits per heavy atom. The number of nitrogens with two attached hydrogens (primary N) is 2. The van der Waals surface area contributed by atoms with Crippen molar-refractivity contribution >= 4 is 17.7 Å². The normalized spacial score (nSPS) is 25.6. The predicted molar refractivity (Wildman–Crippen MR) is 56.6 cm³/mol. The van der Waals surface area contributed by atoms with Gasteiger partial charge >= 0.3 is 0 Å². The first kappa shape index (κ1) is 9.17. The Morgan fingerprint density at radius 3 is 3.07 bits per heavy atom. The van der Waals surface area contributed by atoms with E-state index in [1.54, 1.807) is 29.1 Å². The first-order valence-electron chi connectivity index (χ1n) is 4.13. The van der Waals surface area contributed by atoms with Gasteiger partial charge in [0.25, 0.3) is 0 Å². The van der Waals surface area contributed by atoms with Crippen molar-refractivity contribution in [1.82, 2.24) is 10.3 Å². The number of thiazole rings is 1. The number of hydrogen-bond donors (Lipinski definition) is 3. The first-order valence-corrected chi connectivity index (χ1v) is 5.01. The van der Waals surface area contributed by atoms with Gasteiger partial charge in [0.05, 0.1) is 11.8 Å². The van der Waals surface area contributed by atoms with Crippen LogP contribution in [0.5, 0.6) is 0 Å². The molecule has 1 atom stereocenters. The number of nitrogens with one attached hydrogen (secondary N) is 1. The minimum absolute atomic E-state index is 0.534. The molecule has 1 aromatic rings. The Balaban J connectivity index is 2.17. The maximum Gasteiger partial charge on any atom is 0.137 e. The summed E-state index contributed by atoms with van der Waals surface area (Å²) >= 11 is 1.56. The lowest BCUT2D eigenvalue weighted by atomic mass is 10.1. The van der Waals surface area contributed by atoms with Gasteiger partial charge in [-0.2, -0.15) is 0 Å². The van der Waals surface area contributed by atoms with E-state index in [-0.39, 0.29) is 0 Å². The Morgan fingerprint density at radius 1 is 1.57 bits per heavy atom. The van der Waals surface area contributed by atoms with Crippen LogP contribution >= 0.6 is 11.3 Å². The van der Waals surface area contributed by atoms with E-state index in [4.69, 9.17) is 11.5 Å². The van der Waals surface area contributed by atoms with Crippen molar-refractivity contribution in [3.63, 3.8) is 0 Å². The van der Waals surface area contributed by atoms with Crippen LogP contribution < -0.4 is 16.8 Å². The summed E-state index contributed by atoms with van der Waals surface area (Å²) in [5.74, 6) is 0.534. The molecule has 1 unspecified atom stereocenters. The van der Waals surface area contributed by atoms with E-state index in [2.05, 4.69) is 15.3 Å². The standard InChI is InChI=1S/C8H11N5S/c9-7-2-8(10,13-4-12-7)1-6-3-11-5-14-6/h2-5H,1,9-10H2,(H,12,13). The minimum Gasteiger partial charge on any atom is -0.385 e. The monoisotopic (exact) mass is 209 g/mol. The van der Waals surface area contributed by atoms with Crippen molar-refractivity contribution in [1.29, 1.82) is 0 Å². The molecule has 1 aromatic heterocycles. The lowest BCUT2D eigenvalue weighted by Gasteiger charge is -2.24. The lowest BCUT2D eigenvalue weighted by Crippen LogP contribution is -2.43. The van der Waals surface area contributed by atoms with Crippen molar-refractivity contribution in [3.05, 3.63) is 28.5 Å². The van der Waals surface area contributed by atoms with E-state index in [1.165, 1.54) is 6.34 Å². The SMILES string of the molecule is NC1=CC(N)(Cc2cncs2)N=CN1. The second kappa shape index (κ2) is 3.39. The van der Waals surface area contributed by atoms with Gasteiger partial charge in [-0.3, -0.25) is 4.98 Å². The molecule has 2 rings (SSSR count). The average molecular weight is 209 g/mol. The van der Waals surface area contributed by atoms with Gasteiger partial charge in [-0.25, -0.2) is 4.99 Å². The van der Waals surface area contributed by atoms with Gasteiger partial charge in [0, 0.05) is 17.5 Å². The van der Waals surface area contributed by atoms with Crippen molar-refractivity contribution in [2.75, 3.05) is 0 Å². The summed E-state index contributed by atoms with van der Waals surface area (Å²) in [6, 6.07) is 0. The molecule has 0 amide bonds. The zero-order valence-corrected chi connectivity index (χ0v) is 8.29. The fraction of sp³-hybridized carbons (Fsp3) is 0.250. The molecule has 74 valence electrons. The van der Waals surface area contributed by atoms with Crippen molar-refractivity contribution in [2.45, 2.75) is 12.1 Å². The Labute approximate surface area is 85.5 Å². The highest BCUT2D eigenvalue weighted by atomic mass is 32.1. The molecule has 1 aliphatic heterocycles. The van der Waals surface area contributed by atoms with Crippen LogP contribution in [0.4, 0.5) is 0 Å². The molecule has 1 aliphatic rings. The molecule has 5 N–H and O–H groups in total. The van der Waals surface area contributed by atoms with E-state index in [9.17, 15) is 0 Å². The Kier molecular flexibility index (Phi) is 2.22. The molecule has 0 bridgehead atoms. The average Bonchev–Trinajstić information content (AvgIpc) is 2.55. The number of nitrogens with zero attached hydrogens (tertiary/aromatic N) is 2. The third-order valence-corrected chi connectivity index (χ3v) is 2.66. The van der Waals surface area contributed by atoms with Crippen LogP contribution in [0, 0.1) is 0 Å². The van der Waals surface area contributed by atoms with Gasteiger partial charge in [-0.15, -0.1) is 11.3 Å². The number of hydrogen-bond acceptors (Lipinski definition) is 6. The Bertz CT molecular complexity index is 369. The summed E-state index contributed by atoms with van der Waals surface area (Å²) in [6.45, 7) is 0. The first-order chi connectivity index (χ1) is 6.68. The number of rotatable bonds is 2. The predicted octanol–water partition coefficient (Wildman–Crippen LogP) is -0.228. The lowest BCUT2D eigenvalue weighted by molar-refractivity contribution is 0.543. The highest BCUT2D eigenvalue weighted by Crippen LogP contribution is 2.18.